The van der Waals surface area contributed by atoms with Gasteiger partial charge in [0.25, 0.3) is 5.56 Å². The molecule has 0 aliphatic rings. The number of aryl methyl sites for hydroxylation is 1. The number of alkyl halides is 3. The van der Waals surface area contributed by atoms with Crippen molar-refractivity contribution in [2.24, 2.45) is 7.05 Å². The predicted octanol–water partition coefficient (Wildman–Crippen LogP) is 3.28. The molecule has 0 radical (unpaired) electrons. The molecule has 3 aromatic heterocycles. The average molecular weight is 396 g/mol. The number of phenolic OH excluding ortho intramolecular Hbond substituents is 1. The van der Waals surface area contributed by atoms with E-state index in [4.69, 9.17) is 0 Å². The maximum atomic E-state index is 13.8. The summed E-state index contributed by atoms with van der Waals surface area (Å²) in [6, 6.07) is 3.09. The van der Waals surface area contributed by atoms with E-state index in [2.05, 4.69) is 10.1 Å². The van der Waals surface area contributed by atoms with Crippen LogP contribution in [0.3, 0.4) is 0 Å². The number of hydrogen-bond donors (Lipinski definition) is 1. The lowest BCUT2D eigenvalue weighted by Gasteiger charge is -2.13. The monoisotopic (exact) mass is 396 g/mol. The molecule has 0 aliphatic carbocycles. The SMILES string of the molecule is Cn1cc2c(n1)c(=O)n(-c1cc(F)c(O)c(F)c1)c1nc(C(F)(F)F)ccc21. The molecule has 1 N–H and O–H groups in total. The highest BCUT2D eigenvalue weighted by atomic mass is 19.4. The van der Waals surface area contributed by atoms with Crippen molar-refractivity contribution in [1.82, 2.24) is 19.3 Å². The van der Waals surface area contributed by atoms with Gasteiger partial charge in [0.05, 0.1) is 5.69 Å². The van der Waals surface area contributed by atoms with Gasteiger partial charge in [-0.3, -0.25) is 14.0 Å². The molecule has 4 rings (SSSR count). The largest absolute Gasteiger partial charge is 0.503 e. The van der Waals surface area contributed by atoms with E-state index in [9.17, 15) is 31.9 Å². The molecule has 0 atom stereocenters. The van der Waals surface area contributed by atoms with Crippen molar-refractivity contribution in [2.45, 2.75) is 6.18 Å². The molecule has 0 amide bonds. The molecule has 28 heavy (non-hydrogen) atoms. The van der Waals surface area contributed by atoms with E-state index in [1.54, 1.807) is 0 Å². The summed E-state index contributed by atoms with van der Waals surface area (Å²) in [7, 11) is 1.51. The summed E-state index contributed by atoms with van der Waals surface area (Å²) >= 11 is 0. The van der Waals surface area contributed by atoms with Crippen LogP contribution in [0.1, 0.15) is 5.69 Å². The summed E-state index contributed by atoms with van der Waals surface area (Å²) in [5.41, 5.74) is -3.21. The van der Waals surface area contributed by atoms with Crippen molar-refractivity contribution in [2.75, 3.05) is 0 Å². The summed E-state index contributed by atoms with van der Waals surface area (Å²) in [5, 5.41) is 13.6. The first-order valence-corrected chi connectivity index (χ1v) is 7.72. The lowest BCUT2D eigenvalue weighted by molar-refractivity contribution is -0.141. The van der Waals surface area contributed by atoms with Crippen LogP contribution < -0.4 is 5.56 Å². The fraction of sp³-hybridized carbons (Fsp3) is 0.118. The zero-order chi connectivity index (χ0) is 20.4. The van der Waals surface area contributed by atoms with Gasteiger partial charge in [-0.05, 0) is 12.1 Å². The minimum absolute atomic E-state index is 0.120. The smallest absolute Gasteiger partial charge is 0.433 e. The lowest BCUT2D eigenvalue weighted by atomic mass is 10.1. The van der Waals surface area contributed by atoms with Crippen LogP contribution in [0.25, 0.3) is 27.6 Å². The summed E-state index contributed by atoms with van der Waals surface area (Å²) in [5.74, 6) is -4.05. The maximum absolute atomic E-state index is 13.8. The van der Waals surface area contributed by atoms with E-state index >= 15 is 0 Å². The van der Waals surface area contributed by atoms with Gasteiger partial charge >= 0.3 is 6.18 Å². The number of nitrogens with zero attached hydrogens (tertiary/aromatic N) is 4. The normalized spacial score (nSPS) is 12.2. The highest BCUT2D eigenvalue weighted by molar-refractivity contribution is 6.03. The number of aromatic nitrogens is 4. The lowest BCUT2D eigenvalue weighted by Crippen LogP contribution is -2.21. The first kappa shape index (κ1) is 17.9. The van der Waals surface area contributed by atoms with Gasteiger partial charge in [0.1, 0.15) is 11.3 Å². The standard InChI is InChI=1S/C17H9F5N4O2/c1-25-6-9-8-2-3-12(17(20,21)22)23-15(8)26(16(28)13(9)24-25)7-4-10(18)14(27)11(19)5-7/h2-6,27H,1H3. The Labute approximate surface area is 152 Å². The Morgan fingerprint density at radius 2 is 1.71 bits per heavy atom. The van der Waals surface area contributed by atoms with Crippen molar-refractivity contribution < 1.29 is 27.1 Å². The fourth-order valence-electron chi connectivity index (χ4n) is 2.95. The summed E-state index contributed by atoms with van der Waals surface area (Å²) < 4.78 is 68.9. The van der Waals surface area contributed by atoms with Crippen LogP contribution in [0.15, 0.2) is 35.3 Å². The van der Waals surface area contributed by atoms with E-state index in [1.165, 1.54) is 17.9 Å². The zero-order valence-electron chi connectivity index (χ0n) is 13.9. The van der Waals surface area contributed by atoms with Crippen molar-refractivity contribution >= 4 is 21.9 Å². The maximum Gasteiger partial charge on any atom is 0.433 e. The molecular formula is C17H9F5N4O2. The molecule has 144 valence electrons. The first-order chi connectivity index (χ1) is 13.1. The van der Waals surface area contributed by atoms with Gasteiger partial charge < -0.3 is 5.11 Å². The number of phenols is 1. The van der Waals surface area contributed by atoms with Crippen molar-refractivity contribution in [3.63, 3.8) is 0 Å². The molecule has 0 fully saturated rings. The van der Waals surface area contributed by atoms with Crippen LogP contribution in [-0.4, -0.2) is 24.4 Å². The first-order valence-electron chi connectivity index (χ1n) is 7.72. The van der Waals surface area contributed by atoms with Gasteiger partial charge in [-0.2, -0.15) is 18.3 Å². The molecule has 1 aromatic carbocycles. The molecule has 0 aliphatic heterocycles. The topological polar surface area (TPSA) is 72.9 Å². The quantitative estimate of drug-likeness (QED) is 0.502. The molecule has 0 saturated heterocycles. The van der Waals surface area contributed by atoms with Gasteiger partial charge in [0.15, 0.2) is 22.9 Å². The Morgan fingerprint density at radius 3 is 2.32 bits per heavy atom. The Morgan fingerprint density at radius 1 is 1.07 bits per heavy atom. The van der Waals surface area contributed by atoms with Crippen molar-refractivity contribution in [3.8, 4) is 11.4 Å². The fourth-order valence-corrected chi connectivity index (χ4v) is 2.95. The molecule has 0 bridgehead atoms. The van der Waals surface area contributed by atoms with E-state index in [0.717, 1.165) is 12.1 Å². The molecule has 11 heteroatoms. The van der Waals surface area contributed by atoms with Crippen LogP contribution in [0, 0.1) is 11.6 Å². The van der Waals surface area contributed by atoms with Gasteiger partial charge in [0, 0.05) is 36.1 Å². The second-order valence-corrected chi connectivity index (χ2v) is 6.03. The van der Waals surface area contributed by atoms with Crippen LogP contribution in [-0.2, 0) is 13.2 Å². The van der Waals surface area contributed by atoms with Crippen molar-refractivity contribution in [3.05, 3.63) is 58.1 Å². The van der Waals surface area contributed by atoms with Gasteiger partial charge in [0.2, 0.25) is 0 Å². The summed E-state index contributed by atoms with van der Waals surface area (Å²) in [6.07, 6.45) is -3.37. The third kappa shape index (κ3) is 2.58. The predicted molar refractivity (Wildman–Crippen MR) is 88.2 cm³/mol. The Bertz CT molecular complexity index is 1300. The molecule has 0 spiro atoms. The number of fused-ring (bicyclic) bond motifs is 3. The highest BCUT2D eigenvalue weighted by Crippen LogP contribution is 2.32. The van der Waals surface area contributed by atoms with E-state index in [0.29, 0.717) is 16.7 Å². The number of aromatic hydroxyl groups is 1. The van der Waals surface area contributed by atoms with Gasteiger partial charge in [-0.25, -0.2) is 13.8 Å². The number of pyridine rings is 2. The summed E-state index contributed by atoms with van der Waals surface area (Å²) in [6.45, 7) is 0. The molecular weight excluding hydrogens is 387 g/mol. The van der Waals surface area contributed by atoms with Crippen LogP contribution in [0.2, 0.25) is 0 Å². The zero-order valence-corrected chi connectivity index (χ0v) is 13.9. The van der Waals surface area contributed by atoms with Crippen LogP contribution in [0.4, 0.5) is 22.0 Å². The Kier molecular flexibility index (Phi) is 3.67. The van der Waals surface area contributed by atoms with Crippen LogP contribution in [0.5, 0.6) is 5.75 Å². The molecule has 4 aromatic rings. The van der Waals surface area contributed by atoms with E-state index in [1.807, 2.05) is 0 Å². The second-order valence-electron chi connectivity index (χ2n) is 6.03. The molecule has 6 nitrogen and oxygen atoms in total. The molecule has 0 saturated carbocycles. The van der Waals surface area contributed by atoms with Gasteiger partial charge in [-0.15, -0.1) is 0 Å². The Hall–Kier alpha value is -3.50. The second kappa shape index (κ2) is 5.75. The van der Waals surface area contributed by atoms with E-state index < -0.39 is 46.1 Å². The number of rotatable bonds is 1. The van der Waals surface area contributed by atoms with Crippen LogP contribution >= 0.6 is 0 Å². The van der Waals surface area contributed by atoms with Crippen molar-refractivity contribution in [1.29, 1.82) is 0 Å². The minimum atomic E-state index is -4.80. The average Bonchev–Trinajstić information content (AvgIpc) is 3.00. The highest BCUT2D eigenvalue weighted by Gasteiger charge is 2.33. The third-order valence-electron chi connectivity index (χ3n) is 4.16. The number of halogens is 5. The van der Waals surface area contributed by atoms with E-state index in [-0.39, 0.29) is 16.3 Å². The molecule has 3 heterocycles. The number of benzene rings is 1. The number of hydrogen-bond acceptors (Lipinski definition) is 4. The molecule has 0 unspecified atom stereocenters. The minimum Gasteiger partial charge on any atom is -0.503 e. The Balaban J connectivity index is 2.22. The summed E-state index contributed by atoms with van der Waals surface area (Å²) in [4.78, 5) is 16.4. The third-order valence-corrected chi connectivity index (χ3v) is 4.16. The van der Waals surface area contributed by atoms with Gasteiger partial charge in [-0.1, -0.05) is 0 Å².